The maximum atomic E-state index is 11.4. The molecule has 1 N–H and O–H groups in total. The van der Waals surface area contributed by atoms with Crippen molar-refractivity contribution in [3.63, 3.8) is 0 Å². The lowest BCUT2D eigenvalue weighted by molar-refractivity contribution is 0.301. The topological polar surface area (TPSA) is 119 Å². The van der Waals surface area contributed by atoms with Gasteiger partial charge in [0.05, 0.1) is 28.4 Å². The highest BCUT2D eigenvalue weighted by molar-refractivity contribution is 7.91. The zero-order valence-corrected chi connectivity index (χ0v) is 20.7. The lowest BCUT2D eigenvalue weighted by Gasteiger charge is -2.12. The molecule has 0 saturated heterocycles. The van der Waals surface area contributed by atoms with Crippen LogP contribution in [0, 0.1) is 11.3 Å². The Morgan fingerprint density at radius 1 is 1.17 bits per heavy atom. The molecule has 2 aromatic carbocycles. The summed E-state index contributed by atoms with van der Waals surface area (Å²) in [5, 5.41) is 10.7. The molecule has 0 atom stereocenters. The van der Waals surface area contributed by atoms with Crippen LogP contribution in [-0.4, -0.2) is 41.7 Å². The number of benzene rings is 2. The smallest absolute Gasteiger partial charge is 0.236 e. The van der Waals surface area contributed by atoms with Gasteiger partial charge in [-0.3, -0.25) is 4.72 Å². The van der Waals surface area contributed by atoms with E-state index in [9.17, 15) is 13.7 Å². The van der Waals surface area contributed by atoms with Crippen molar-refractivity contribution in [1.29, 1.82) is 5.26 Å². The number of alkyl halides is 1. The monoisotopic (exact) mass is 531 g/mol. The molecule has 180 valence electrons. The van der Waals surface area contributed by atoms with Crippen LogP contribution in [0.3, 0.4) is 0 Å². The summed E-state index contributed by atoms with van der Waals surface area (Å²) < 4.78 is 38.2. The van der Waals surface area contributed by atoms with Crippen molar-refractivity contribution in [2.75, 3.05) is 23.5 Å². The second-order valence-electron chi connectivity index (χ2n) is 7.36. The molecule has 0 unspecified atom stereocenters. The average molecular weight is 532 g/mol. The van der Waals surface area contributed by atoms with Crippen LogP contribution in [0.5, 0.6) is 11.5 Å². The summed E-state index contributed by atoms with van der Waals surface area (Å²) in [6.07, 6.45) is 4.32. The molecule has 4 aromatic rings. The van der Waals surface area contributed by atoms with E-state index in [0.717, 1.165) is 17.5 Å². The number of rotatable bonds is 9. The molecule has 2 aromatic heterocycles. The van der Waals surface area contributed by atoms with E-state index in [1.54, 1.807) is 24.3 Å². The van der Waals surface area contributed by atoms with Crippen molar-refractivity contribution in [1.82, 2.24) is 14.5 Å². The van der Waals surface area contributed by atoms with Crippen molar-refractivity contribution in [3.8, 4) is 23.3 Å². The van der Waals surface area contributed by atoms with Crippen molar-refractivity contribution in [2.45, 2.75) is 6.61 Å². The number of nitriles is 1. The predicted molar refractivity (Wildman–Crippen MR) is 134 cm³/mol. The number of fused-ring (bicyclic) bond motifs is 1. The number of ether oxygens (including phenoxy) is 2. The Kier molecular flexibility index (Phi) is 7.31. The van der Waals surface area contributed by atoms with E-state index in [1.165, 1.54) is 6.20 Å². The van der Waals surface area contributed by atoms with E-state index < -0.39 is 10.0 Å². The predicted octanol–water partition coefficient (Wildman–Crippen LogP) is 4.51. The highest BCUT2D eigenvalue weighted by Crippen LogP contribution is 2.37. The zero-order chi connectivity index (χ0) is 25.0. The average Bonchev–Trinajstić information content (AvgIpc) is 3.24. The van der Waals surface area contributed by atoms with Gasteiger partial charge in [-0.2, -0.15) is 5.26 Å². The Morgan fingerprint density at radius 2 is 1.94 bits per heavy atom. The minimum Gasteiger partial charge on any atom is -0.489 e. The molecule has 2 heterocycles. The first kappa shape index (κ1) is 24.6. The van der Waals surface area contributed by atoms with Crippen LogP contribution in [0.4, 0.5) is 5.95 Å². The van der Waals surface area contributed by atoms with E-state index in [2.05, 4.69) is 20.8 Å². The molecule has 0 amide bonds. The van der Waals surface area contributed by atoms with Crippen LogP contribution in [0.25, 0.3) is 16.6 Å². The van der Waals surface area contributed by atoms with Gasteiger partial charge in [0.25, 0.3) is 0 Å². The molecule has 0 radical (unpaired) electrons. The molecule has 0 bridgehead atoms. The molecule has 0 aliphatic carbocycles. The number of anilines is 1. The molecule has 0 saturated carbocycles. The first-order valence-corrected chi connectivity index (χ1v) is 13.0. The van der Waals surface area contributed by atoms with Crippen LogP contribution >= 0.6 is 23.2 Å². The summed E-state index contributed by atoms with van der Waals surface area (Å²) in [6, 6.07) is 14.7. The molecule has 0 aliphatic heterocycles. The van der Waals surface area contributed by atoms with Crippen LogP contribution in [-0.2, 0) is 16.6 Å². The van der Waals surface area contributed by atoms with E-state index in [-0.39, 0.29) is 25.0 Å². The quantitative estimate of drug-likeness (QED) is 0.315. The minimum atomic E-state index is -3.47. The molecule has 0 aliphatic rings. The van der Waals surface area contributed by atoms with Crippen molar-refractivity contribution in [2.24, 2.45) is 0 Å². The number of hydrogen-bond donors (Lipinski definition) is 1. The maximum Gasteiger partial charge on any atom is 0.236 e. The van der Waals surface area contributed by atoms with Gasteiger partial charge < -0.3 is 14.0 Å². The molecule has 4 rings (SSSR count). The number of hydrogen-bond acceptors (Lipinski definition) is 7. The summed E-state index contributed by atoms with van der Waals surface area (Å²) in [4.78, 5) is 8.01. The number of aromatic nitrogens is 3. The lowest BCUT2D eigenvalue weighted by Crippen LogP contribution is -2.13. The second-order valence-corrected chi connectivity index (χ2v) is 9.89. The van der Waals surface area contributed by atoms with Crippen LogP contribution in [0.2, 0.25) is 5.02 Å². The Hall–Kier alpha value is -3.52. The fraction of sp³-hybridized carbons (Fsp3) is 0.174. The first-order chi connectivity index (χ1) is 16.8. The molecular formula is C23H19Cl2N5O4S. The number of nitrogens with one attached hydrogen (secondary N) is 1. The van der Waals surface area contributed by atoms with Crippen molar-refractivity contribution >= 4 is 50.1 Å². The van der Waals surface area contributed by atoms with Gasteiger partial charge in [0.1, 0.15) is 30.6 Å². The van der Waals surface area contributed by atoms with Gasteiger partial charge in [-0.1, -0.05) is 11.6 Å². The van der Waals surface area contributed by atoms with Gasteiger partial charge in [-0.05, 0) is 42.5 Å². The maximum absolute atomic E-state index is 11.4. The Morgan fingerprint density at radius 3 is 2.63 bits per heavy atom. The summed E-state index contributed by atoms with van der Waals surface area (Å²) >= 11 is 12.1. The van der Waals surface area contributed by atoms with Gasteiger partial charge >= 0.3 is 0 Å². The lowest BCUT2D eigenvalue weighted by atomic mass is 10.1. The number of halogens is 2. The molecular weight excluding hydrogens is 513 g/mol. The van der Waals surface area contributed by atoms with Gasteiger partial charge in [-0.15, -0.1) is 11.6 Å². The third kappa shape index (κ3) is 5.77. The van der Waals surface area contributed by atoms with E-state index >= 15 is 0 Å². The molecule has 9 nitrogen and oxygen atoms in total. The van der Waals surface area contributed by atoms with Gasteiger partial charge in [0.15, 0.2) is 5.75 Å². The normalized spacial score (nSPS) is 11.3. The third-order valence-corrected chi connectivity index (χ3v) is 5.82. The van der Waals surface area contributed by atoms with E-state index in [0.29, 0.717) is 33.2 Å². The van der Waals surface area contributed by atoms with Crippen molar-refractivity contribution in [3.05, 3.63) is 71.1 Å². The SMILES string of the molecule is CS(=O)(=O)Nc1nccc(COc2ccc(-n3ccc4c(C#N)c(OCCCl)c(Cl)cc43)cc2)n1. The highest BCUT2D eigenvalue weighted by Gasteiger charge is 2.17. The molecule has 0 fully saturated rings. The summed E-state index contributed by atoms with van der Waals surface area (Å²) in [5.41, 5.74) is 2.46. The van der Waals surface area contributed by atoms with Gasteiger partial charge in [-0.25, -0.2) is 18.4 Å². The zero-order valence-electron chi connectivity index (χ0n) is 18.4. The largest absolute Gasteiger partial charge is 0.489 e. The van der Waals surface area contributed by atoms with E-state index in [1.807, 2.05) is 29.0 Å². The number of nitrogens with zero attached hydrogens (tertiary/aromatic N) is 4. The van der Waals surface area contributed by atoms with Crippen LogP contribution in [0.1, 0.15) is 11.3 Å². The molecule has 35 heavy (non-hydrogen) atoms. The standard InChI is InChI=1S/C23H19Cl2N5O4S/c1-35(31,32)29-23-27-9-6-15(28-23)14-34-17-4-2-16(3-5-17)30-10-7-18-19(13-26)22(33-11-8-24)20(25)12-21(18)30/h2-7,9-10,12H,8,11,14H2,1H3,(H,27,28,29). The Labute approximate surface area is 211 Å². The molecule has 12 heteroatoms. The van der Waals surface area contributed by atoms with Crippen molar-refractivity contribution < 1.29 is 17.9 Å². The highest BCUT2D eigenvalue weighted by atomic mass is 35.5. The Bertz CT molecular complexity index is 1520. The van der Waals surface area contributed by atoms with Crippen LogP contribution < -0.4 is 14.2 Å². The summed E-state index contributed by atoms with van der Waals surface area (Å²) in [6.45, 7) is 0.368. The van der Waals surface area contributed by atoms with Crippen LogP contribution in [0.15, 0.2) is 54.9 Å². The summed E-state index contributed by atoms with van der Waals surface area (Å²) in [7, 11) is -3.47. The number of sulfonamides is 1. The third-order valence-electron chi connectivity index (χ3n) is 4.83. The second kappa shape index (κ2) is 10.4. The fourth-order valence-electron chi connectivity index (χ4n) is 3.40. The van der Waals surface area contributed by atoms with Gasteiger partial charge in [0, 0.05) is 23.5 Å². The van der Waals surface area contributed by atoms with Gasteiger partial charge in [0.2, 0.25) is 16.0 Å². The minimum absolute atomic E-state index is 0.0185. The molecule has 0 spiro atoms. The van der Waals surface area contributed by atoms with E-state index in [4.69, 9.17) is 32.7 Å². The summed E-state index contributed by atoms with van der Waals surface area (Å²) in [5.74, 6) is 1.18. The Balaban J connectivity index is 1.53. The first-order valence-electron chi connectivity index (χ1n) is 10.2. The fourth-order valence-corrected chi connectivity index (χ4v) is 4.16.